The van der Waals surface area contributed by atoms with Gasteiger partial charge in [0.1, 0.15) is 0 Å². The Balaban J connectivity index is 1.88. The van der Waals surface area contributed by atoms with Crippen LogP contribution in [-0.2, 0) is 9.53 Å². The van der Waals surface area contributed by atoms with Crippen LogP contribution < -0.4 is 10.6 Å². The predicted molar refractivity (Wildman–Crippen MR) is 125 cm³/mol. The summed E-state index contributed by atoms with van der Waals surface area (Å²) in [7, 11) is 1.67. The first-order valence-corrected chi connectivity index (χ1v) is 11.5. The zero-order valence-corrected chi connectivity index (χ0v) is 20.1. The van der Waals surface area contributed by atoms with Gasteiger partial charge in [0.25, 0.3) is 0 Å². The highest BCUT2D eigenvalue weighted by atomic mass is 16.5. The van der Waals surface area contributed by atoms with Gasteiger partial charge in [-0.15, -0.1) is 0 Å². The highest BCUT2D eigenvalue weighted by Gasteiger charge is 2.38. The van der Waals surface area contributed by atoms with Crippen LogP contribution in [0.3, 0.4) is 0 Å². The fourth-order valence-electron chi connectivity index (χ4n) is 4.31. The van der Waals surface area contributed by atoms with Crippen LogP contribution in [0.15, 0.2) is 41.6 Å². The summed E-state index contributed by atoms with van der Waals surface area (Å²) >= 11 is 0. The highest BCUT2D eigenvalue weighted by Crippen LogP contribution is 2.31. The summed E-state index contributed by atoms with van der Waals surface area (Å²) in [5, 5.41) is 5.89. The van der Waals surface area contributed by atoms with Crippen LogP contribution in [0.5, 0.6) is 0 Å². The molecule has 9 heteroatoms. The Labute approximate surface area is 195 Å². The van der Waals surface area contributed by atoms with Crippen molar-refractivity contribution >= 4 is 18.0 Å². The van der Waals surface area contributed by atoms with Crippen LogP contribution in [0.4, 0.5) is 9.59 Å². The molecule has 0 spiro atoms. The molecule has 1 saturated heterocycles. The average molecular weight is 458 g/mol. The van der Waals surface area contributed by atoms with E-state index < -0.39 is 12.0 Å². The van der Waals surface area contributed by atoms with E-state index in [0.29, 0.717) is 37.4 Å². The van der Waals surface area contributed by atoms with Crippen molar-refractivity contribution in [1.29, 1.82) is 0 Å². The summed E-state index contributed by atoms with van der Waals surface area (Å²) in [6.07, 6.45) is 0. The van der Waals surface area contributed by atoms with Crippen LogP contribution in [0.25, 0.3) is 0 Å². The molecule has 3 rings (SSSR count). The predicted octanol–water partition coefficient (Wildman–Crippen LogP) is 2.32. The number of ether oxygens (including phenoxy) is 1. The maximum atomic E-state index is 13.1. The van der Waals surface area contributed by atoms with Gasteiger partial charge in [-0.3, -0.25) is 9.80 Å². The molecule has 2 aliphatic rings. The molecule has 1 fully saturated rings. The Hall–Kier alpha value is -3.07. The van der Waals surface area contributed by atoms with Crippen molar-refractivity contribution in [3.63, 3.8) is 0 Å². The minimum atomic E-state index is -0.584. The molecular weight excluding hydrogens is 422 g/mol. The second kappa shape index (κ2) is 10.7. The molecule has 1 aromatic carbocycles. The number of likely N-dealkylation sites (N-methyl/N-ethyl adjacent to an activating group) is 1. The zero-order chi connectivity index (χ0) is 24.1. The smallest absolute Gasteiger partial charge is 0.338 e. The number of urea groups is 2. The first kappa shape index (κ1) is 24.6. The SMILES string of the molecule is CCOC(=O)C1=C(CN2CCN(C(=O)NC(C)C)[C@H](C)C2)N(C)C(=O)N[C@H]1c1ccccc1. The van der Waals surface area contributed by atoms with Crippen molar-refractivity contribution in [3.05, 3.63) is 47.2 Å². The second-order valence-electron chi connectivity index (χ2n) is 8.81. The van der Waals surface area contributed by atoms with E-state index in [0.717, 1.165) is 5.56 Å². The molecule has 2 atom stereocenters. The quantitative estimate of drug-likeness (QED) is 0.640. The van der Waals surface area contributed by atoms with Gasteiger partial charge in [0.2, 0.25) is 0 Å². The van der Waals surface area contributed by atoms with Crippen molar-refractivity contribution in [2.45, 2.75) is 45.8 Å². The molecule has 33 heavy (non-hydrogen) atoms. The summed E-state index contributed by atoms with van der Waals surface area (Å²) in [4.78, 5) is 43.9. The van der Waals surface area contributed by atoms with E-state index in [1.54, 1.807) is 14.0 Å². The minimum Gasteiger partial charge on any atom is -0.463 e. The van der Waals surface area contributed by atoms with E-state index >= 15 is 0 Å². The molecule has 4 amide bonds. The molecule has 2 heterocycles. The van der Waals surface area contributed by atoms with Gasteiger partial charge in [-0.25, -0.2) is 14.4 Å². The average Bonchev–Trinajstić information content (AvgIpc) is 2.77. The van der Waals surface area contributed by atoms with Crippen LogP contribution in [-0.4, -0.2) is 84.6 Å². The molecule has 0 saturated carbocycles. The maximum absolute atomic E-state index is 13.1. The van der Waals surface area contributed by atoms with Crippen molar-refractivity contribution in [3.8, 4) is 0 Å². The number of carbonyl (C=O) groups is 3. The lowest BCUT2D eigenvalue weighted by atomic mass is 9.94. The van der Waals surface area contributed by atoms with Gasteiger partial charge in [-0.05, 0) is 33.3 Å². The first-order valence-electron chi connectivity index (χ1n) is 11.5. The van der Waals surface area contributed by atoms with Gasteiger partial charge in [-0.1, -0.05) is 30.3 Å². The first-order chi connectivity index (χ1) is 15.7. The van der Waals surface area contributed by atoms with E-state index in [1.165, 1.54) is 4.90 Å². The number of hydrogen-bond acceptors (Lipinski definition) is 5. The van der Waals surface area contributed by atoms with Crippen molar-refractivity contribution < 1.29 is 19.1 Å². The number of carbonyl (C=O) groups excluding carboxylic acids is 3. The molecule has 180 valence electrons. The second-order valence-corrected chi connectivity index (χ2v) is 8.81. The number of esters is 1. The largest absolute Gasteiger partial charge is 0.463 e. The molecule has 2 aliphatic heterocycles. The lowest BCUT2D eigenvalue weighted by Gasteiger charge is -2.42. The molecule has 1 aromatic rings. The van der Waals surface area contributed by atoms with Crippen molar-refractivity contribution in [2.75, 3.05) is 39.8 Å². The molecule has 0 radical (unpaired) electrons. The summed E-state index contributed by atoms with van der Waals surface area (Å²) in [6, 6.07) is 8.59. The normalized spacial score (nSPS) is 21.8. The Morgan fingerprint density at radius 3 is 2.52 bits per heavy atom. The summed E-state index contributed by atoms with van der Waals surface area (Å²) in [5.74, 6) is -0.434. The Morgan fingerprint density at radius 2 is 1.91 bits per heavy atom. The number of rotatable bonds is 6. The number of benzene rings is 1. The van der Waals surface area contributed by atoms with Crippen LogP contribution >= 0.6 is 0 Å². The van der Waals surface area contributed by atoms with Crippen molar-refractivity contribution in [2.24, 2.45) is 0 Å². The fourth-order valence-corrected chi connectivity index (χ4v) is 4.31. The van der Waals surface area contributed by atoms with Gasteiger partial charge in [0.15, 0.2) is 0 Å². The third-order valence-corrected chi connectivity index (χ3v) is 5.96. The lowest BCUT2D eigenvalue weighted by Crippen LogP contribution is -2.58. The van der Waals surface area contributed by atoms with E-state index in [4.69, 9.17) is 4.74 Å². The van der Waals surface area contributed by atoms with Gasteiger partial charge >= 0.3 is 18.0 Å². The Morgan fingerprint density at radius 1 is 1.21 bits per heavy atom. The topological polar surface area (TPSA) is 94.2 Å². The van der Waals surface area contributed by atoms with Crippen LogP contribution in [0.2, 0.25) is 0 Å². The maximum Gasteiger partial charge on any atom is 0.338 e. The van der Waals surface area contributed by atoms with Crippen LogP contribution in [0.1, 0.15) is 39.3 Å². The molecular formula is C24H35N5O4. The number of hydrogen-bond donors (Lipinski definition) is 2. The van der Waals surface area contributed by atoms with E-state index in [2.05, 4.69) is 15.5 Å². The van der Waals surface area contributed by atoms with E-state index in [1.807, 2.05) is 56.0 Å². The van der Waals surface area contributed by atoms with Gasteiger partial charge in [0.05, 0.1) is 18.2 Å². The third kappa shape index (κ3) is 5.65. The van der Waals surface area contributed by atoms with E-state index in [9.17, 15) is 14.4 Å². The Kier molecular flexibility index (Phi) is 7.97. The molecule has 0 aromatic heterocycles. The standard InChI is InChI=1S/C24H35N5O4/c1-6-33-22(30)20-19(27(5)23(31)26-21(20)18-10-8-7-9-11-18)15-28-12-13-29(17(4)14-28)24(32)25-16(2)3/h7-11,16-17,21H,6,12-15H2,1-5H3,(H,25,32)(H,26,31)/t17-,21+/m1/s1. The van der Waals surface area contributed by atoms with E-state index in [-0.39, 0.29) is 30.8 Å². The molecule has 0 bridgehead atoms. The number of amides is 4. The Bertz CT molecular complexity index is 901. The number of piperazine rings is 1. The van der Waals surface area contributed by atoms with Crippen molar-refractivity contribution in [1.82, 2.24) is 25.3 Å². The summed E-state index contributed by atoms with van der Waals surface area (Å²) < 4.78 is 5.39. The summed E-state index contributed by atoms with van der Waals surface area (Å²) in [6.45, 7) is 10.2. The van der Waals surface area contributed by atoms with Gasteiger partial charge in [-0.2, -0.15) is 0 Å². The molecule has 9 nitrogen and oxygen atoms in total. The third-order valence-electron chi connectivity index (χ3n) is 5.96. The van der Waals surface area contributed by atoms with Crippen LogP contribution in [0, 0.1) is 0 Å². The van der Waals surface area contributed by atoms with Gasteiger partial charge in [0, 0.05) is 51.0 Å². The number of nitrogens with one attached hydrogen (secondary N) is 2. The molecule has 0 unspecified atom stereocenters. The minimum absolute atomic E-state index is 0.00298. The number of nitrogens with zero attached hydrogens (tertiary/aromatic N) is 3. The zero-order valence-electron chi connectivity index (χ0n) is 20.1. The molecule has 0 aliphatic carbocycles. The summed E-state index contributed by atoms with van der Waals surface area (Å²) in [5.41, 5.74) is 1.89. The fraction of sp³-hybridized carbons (Fsp3) is 0.542. The highest BCUT2D eigenvalue weighted by molar-refractivity contribution is 5.95. The monoisotopic (exact) mass is 457 g/mol. The molecule has 2 N–H and O–H groups in total. The van der Waals surface area contributed by atoms with Gasteiger partial charge < -0.3 is 20.3 Å². The lowest BCUT2D eigenvalue weighted by molar-refractivity contribution is -0.139.